The first-order valence-corrected chi connectivity index (χ1v) is 8.25. The molecule has 1 aromatic carbocycles. The Hall–Kier alpha value is -2.34. The Labute approximate surface area is 134 Å². The van der Waals surface area contributed by atoms with Gasteiger partial charge in [0.15, 0.2) is 11.4 Å². The Kier molecular flexibility index (Phi) is 2.91. The van der Waals surface area contributed by atoms with Crippen LogP contribution >= 0.6 is 0 Å². The van der Waals surface area contributed by atoms with E-state index in [0.717, 1.165) is 34.9 Å². The average Bonchev–Trinajstić information content (AvgIpc) is 3.26. The topological polar surface area (TPSA) is 59.1 Å². The zero-order chi connectivity index (χ0) is 15.2. The van der Waals surface area contributed by atoms with Crippen molar-refractivity contribution in [3.05, 3.63) is 36.7 Å². The SMILES string of the molecule is c1cnn(-c2ccc3c(N[C@H]4CN5CCC4CC5)noc3c2)c1. The van der Waals surface area contributed by atoms with Crippen LogP contribution in [0.4, 0.5) is 5.82 Å². The lowest BCUT2D eigenvalue weighted by molar-refractivity contribution is 0.0973. The van der Waals surface area contributed by atoms with Gasteiger partial charge in [-0.05, 0) is 50.0 Å². The largest absolute Gasteiger partial charge is 0.362 e. The Bertz CT molecular complexity index is 817. The van der Waals surface area contributed by atoms with Gasteiger partial charge < -0.3 is 14.7 Å². The second-order valence-electron chi connectivity index (χ2n) is 6.55. The standard InChI is InChI=1S/C17H19N5O/c1-6-18-22(7-1)13-2-3-14-16(10-13)23-20-17(14)19-15-11-21-8-4-12(15)5-9-21/h1-3,6-7,10,12,15H,4-5,8-9,11H2,(H,19,20)/t15-/m0/s1. The molecule has 3 aromatic rings. The van der Waals surface area contributed by atoms with E-state index >= 15 is 0 Å². The van der Waals surface area contributed by atoms with Crippen LogP contribution in [-0.4, -0.2) is 45.5 Å². The second kappa shape index (κ2) is 5.09. The van der Waals surface area contributed by atoms with E-state index in [0.29, 0.717) is 6.04 Å². The number of fused-ring (bicyclic) bond motifs is 4. The number of hydrogen-bond acceptors (Lipinski definition) is 5. The van der Waals surface area contributed by atoms with Crippen LogP contribution in [0.15, 0.2) is 41.2 Å². The molecule has 0 saturated carbocycles. The maximum atomic E-state index is 5.54. The number of rotatable bonds is 3. The molecule has 1 N–H and O–H groups in total. The lowest BCUT2D eigenvalue weighted by Crippen LogP contribution is -2.53. The highest BCUT2D eigenvalue weighted by molar-refractivity contribution is 5.89. The van der Waals surface area contributed by atoms with Crippen molar-refractivity contribution in [1.82, 2.24) is 19.8 Å². The number of piperidine rings is 3. The average molecular weight is 309 g/mol. The van der Waals surface area contributed by atoms with Crippen LogP contribution in [-0.2, 0) is 0 Å². The predicted molar refractivity (Wildman–Crippen MR) is 87.7 cm³/mol. The Morgan fingerprint density at radius 3 is 2.87 bits per heavy atom. The van der Waals surface area contributed by atoms with E-state index in [-0.39, 0.29) is 0 Å². The molecular weight excluding hydrogens is 290 g/mol. The molecule has 6 heteroatoms. The zero-order valence-electron chi connectivity index (χ0n) is 12.9. The molecule has 2 bridgehead atoms. The minimum absolute atomic E-state index is 0.483. The van der Waals surface area contributed by atoms with Crippen molar-refractivity contribution in [1.29, 1.82) is 0 Å². The van der Waals surface area contributed by atoms with E-state index in [1.54, 1.807) is 6.20 Å². The highest BCUT2D eigenvalue weighted by Gasteiger charge is 2.34. The first-order chi connectivity index (χ1) is 11.4. The summed E-state index contributed by atoms with van der Waals surface area (Å²) in [5.41, 5.74) is 1.77. The molecule has 0 unspecified atom stereocenters. The fraction of sp³-hybridized carbons (Fsp3) is 0.412. The molecule has 0 spiro atoms. The molecule has 5 heterocycles. The minimum Gasteiger partial charge on any atom is -0.362 e. The number of benzene rings is 1. The van der Waals surface area contributed by atoms with Crippen LogP contribution in [0.5, 0.6) is 0 Å². The van der Waals surface area contributed by atoms with Gasteiger partial charge in [-0.3, -0.25) is 0 Å². The van der Waals surface area contributed by atoms with Gasteiger partial charge in [0.2, 0.25) is 0 Å². The number of nitrogens with zero attached hydrogens (tertiary/aromatic N) is 4. The molecule has 6 rings (SSSR count). The van der Waals surface area contributed by atoms with Crippen LogP contribution in [0.3, 0.4) is 0 Å². The number of hydrogen-bond donors (Lipinski definition) is 1. The van der Waals surface area contributed by atoms with E-state index in [1.165, 1.54) is 25.9 Å². The number of anilines is 1. The summed E-state index contributed by atoms with van der Waals surface area (Å²) in [7, 11) is 0. The summed E-state index contributed by atoms with van der Waals surface area (Å²) < 4.78 is 7.36. The summed E-state index contributed by atoms with van der Waals surface area (Å²) in [6, 6.07) is 8.49. The quantitative estimate of drug-likeness (QED) is 0.805. The molecule has 0 aliphatic carbocycles. The van der Waals surface area contributed by atoms with Crippen LogP contribution in [0, 0.1) is 5.92 Å². The van der Waals surface area contributed by atoms with Crippen molar-refractivity contribution in [2.75, 3.05) is 25.0 Å². The number of nitrogens with one attached hydrogen (secondary N) is 1. The smallest absolute Gasteiger partial charge is 0.177 e. The summed E-state index contributed by atoms with van der Waals surface area (Å²) >= 11 is 0. The molecule has 1 atom stereocenters. The normalized spacial score (nSPS) is 26.7. The summed E-state index contributed by atoms with van der Waals surface area (Å²) in [6.45, 7) is 3.61. The van der Waals surface area contributed by atoms with Crippen molar-refractivity contribution < 1.29 is 4.52 Å². The fourth-order valence-electron chi connectivity index (χ4n) is 3.90. The van der Waals surface area contributed by atoms with Crippen molar-refractivity contribution in [3.63, 3.8) is 0 Å². The summed E-state index contributed by atoms with van der Waals surface area (Å²) in [5, 5.41) is 13.2. The first-order valence-electron chi connectivity index (χ1n) is 8.25. The Morgan fingerprint density at radius 1 is 1.22 bits per heavy atom. The fourth-order valence-corrected chi connectivity index (χ4v) is 3.90. The minimum atomic E-state index is 0.483. The monoisotopic (exact) mass is 309 g/mol. The molecule has 3 aliphatic rings. The van der Waals surface area contributed by atoms with Crippen molar-refractivity contribution in [2.24, 2.45) is 5.92 Å². The lowest BCUT2D eigenvalue weighted by Gasteiger charge is -2.44. The highest BCUT2D eigenvalue weighted by atomic mass is 16.5. The van der Waals surface area contributed by atoms with Crippen molar-refractivity contribution in [3.8, 4) is 5.69 Å². The molecule has 3 fully saturated rings. The van der Waals surface area contributed by atoms with Gasteiger partial charge in [0.25, 0.3) is 0 Å². The zero-order valence-corrected chi connectivity index (χ0v) is 12.9. The van der Waals surface area contributed by atoms with Gasteiger partial charge >= 0.3 is 0 Å². The number of aromatic nitrogens is 3. The molecule has 118 valence electrons. The highest BCUT2D eigenvalue weighted by Crippen LogP contribution is 2.32. The van der Waals surface area contributed by atoms with Gasteiger partial charge in [0.05, 0.1) is 11.1 Å². The van der Waals surface area contributed by atoms with E-state index in [4.69, 9.17) is 4.52 Å². The lowest BCUT2D eigenvalue weighted by atomic mass is 9.84. The molecular formula is C17H19N5O. The molecule has 23 heavy (non-hydrogen) atoms. The second-order valence-corrected chi connectivity index (χ2v) is 6.55. The molecule has 3 saturated heterocycles. The Morgan fingerprint density at radius 2 is 2.13 bits per heavy atom. The van der Waals surface area contributed by atoms with Gasteiger partial charge in [0.1, 0.15) is 0 Å². The molecule has 0 radical (unpaired) electrons. The summed E-state index contributed by atoms with van der Waals surface area (Å²) in [4.78, 5) is 2.54. The summed E-state index contributed by atoms with van der Waals surface area (Å²) in [5.74, 6) is 1.63. The van der Waals surface area contributed by atoms with Crippen LogP contribution in [0.2, 0.25) is 0 Å². The van der Waals surface area contributed by atoms with Gasteiger partial charge in [-0.2, -0.15) is 5.10 Å². The van der Waals surface area contributed by atoms with Gasteiger partial charge in [0, 0.05) is 31.0 Å². The third-order valence-electron chi connectivity index (χ3n) is 5.20. The van der Waals surface area contributed by atoms with Gasteiger partial charge in [-0.1, -0.05) is 5.16 Å². The first kappa shape index (κ1) is 13.1. The van der Waals surface area contributed by atoms with E-state index < -0.39 is 0 Å². The molecule has 6 nitrogen and oxygen atoms in total. The van der Waals surface area contributed by atoms with Gasteiger partial charge in [-0.25, -0.2) is 4.68 Å². The third-order valence-corrected chi connectivity index (χ3v) is 5.20. The maximum Gasteiger partial charge on any atom is 0.177 e. The Balaban J connectivity index is 1.44. The van der Waals surface area contributed by atoms with Crippen molar-refractivity contribution in [2.45, 2.75) is 18.9 Å². The van der Waals surface area contributed by atoms with E-state index in [9.17, 15) is 0 Å². The summed E-state index contributed by atoms with van der Waals surface area (Å²) in [6.07, 6.45) is 6.27. The molecule has 0 amide bonds. The maximum absolute atomic E-state index is 5.54. The van der Waals surface area contributed by atoms with Crippen molar-refractivity contribution >= 4 is 16.8 Å². The van der Waals surface area contributed by atoms with Crippen LogP contribution in [0.1, 0.15) is 12.8 Å². The van der Waals surface area contributed by atoms with Gasteiger partial charge in [-0.15, -0.1) is 0 Å². The van der Waals surface area contributed by atoms with Crippen LogP contribution < -0.4 is 5.32 Å². The molecule has 3 aliphatic heterocycles. The van der Waals surface area contributed by atoms with E-state index in [1.807, 2.05) is 29.1 Å². The van der Waals surface area contributed by atoms with E-state index in [2.05, 4.69) is 26.5 Å². The third kappa shape index (κ3) is 2.21. The predicted octanol–water partition coefficient (Wildman–Crippen LogP) is 2.52. The van der Waals surface area contributed by atoms with Crippen LogP contribution in [0.25, 0.3) is 16.7 Å². The molecule has 2 aromatic heterocycles.